The number of carbonyl (C=O) groups is 2. The van der Waals surface area contributed by atoms with E-state index in [0.717, 1.165) is 16.7 Å². The zero-order valence-corrected chi connectivity index (χ0v) is 19.7. The summed E-state index contributed by atoms with van der Waals surface area (Å²) in [7, 11) is 3.14. The van der Waals surface area contributed by atoms with Crippen molar-refractivity contribution in [2.45, 2.75) is 25.4 Å². The van der Waals surface area contributed by atoms with Crippen LogP contribution in [0.15, 0.2) is 59.2 Å². The maximum Gasteiger partial charge on any atom is 0.318 e. The van der Waals surface area contributed by atoms with Gasteiger partial charge in [0.25, 0.3) is 0 Å². The van der Waals surface area contributed by atoms with Gasteiger partial charge in [0.05, 0.1) is 33.1 Å². The van der Waals surface area contributed by atoms with E-state index in [-0.39, 0.29) is 30.7 Å². The molecule has 2 N–H and O–H groups in total. The number of amides is 3. The molecule has 1 aromatic heterocycles. The van der Waals surface area contributed by atoms with E-state index in [1.54, 1.807) is 49.6 Å². The zero-order valence-electron chi connectivity index (χ0n) is 19.7. The summed E-state index contributed by atoms with van der Waals surface area (Å²) in [6.07, 6.45) is 2.29. The van der Waals surface area contributed by atoms with Crippen molar-refractivity contribution in [2.24, 2.45) is 0 Å². The fourth-order valence-electron chi connectivity index (χ4n) is 4.24. The molecule has 0 aliphatic carbocycles. The third-order valence-electron chi connectivity index (χ3n) is 5.99. The van der Waals surface area contributed by atoms with E-state index in [9.17, 15) is 14.0 Å². The molecule has 0 radical (unpaired) electrons. The summed E-state index contributed by atoms with van der Waals surface area (Å²) < 4.78 is 29.8. The van der Waals surface area contributed by atoms with E-state index in [4.69, 9.17) is 13.9 Å². The summed E-state index contributed by atoms with van der Waals surface area (Å²) in [6, 6.07) is 12.7. The van der Waals surface area contributed by atoms with Crippen LogP contribution in [-0.2, 0) is 17.8 Å². The first kappa shape index (κ1) is 24.1. The van der Waals surface area contributed by atoms with Crippen molar-refractivity contribution < 1.29 is 27.9 Å². The second kappa shape index (κ2) is 10.9. The number of methoxy groups -OCH3 is 2. The average Bonchev–Trinajstić information content (AvgIpc) is 3.40. The summed E-state index contributed by atoms with van der Waals surface area (Å²) >= 11 is 0. The lowest BCUT2D eigenvalue weighted by Crippen LogP contribution is -2.46. The summed E-state index contributed by atoms with van der Waals surface area (Å²) in [6.45, 7) is 0.913. The Bertz CT molecular complexity index is 1160. The number of halogens is 1. The third-order valence-corrected chi connectivity index (χ3v) is 5.99. The molecule has 0 saturated heterocycles. The normalized spacial score (nSPS) is 14.7. The SMILES string of the molecule is COc1cc2c(cc1OC)C(c1ccc(F)cc1)N(C(=O)NCCC(=O)NCc1ccco1)CC2. The van der Waals surface area contributed by atoms with Crippen LogP contribution in [0.3, 0.4) is 0 Å². The molecule has 4 rings (SSSR count). The highest BCUT2D eigenvalue weighted by molar-refractivity contribution is 5.79. The van der Waals surface area contributed by atoms with E-state index in [0.29, 0.717) is 36.8 Å². The van der Waals surface area contributed by atoms with Crippen molar-refractivity contribution >= 4 is 11.9 Å². The van der Waals surface area contributed by atoms with Crippen LogP contribution < -0.4 is 20.1 Å². The average molecular weight is 482 g/mol. The van der Waals surface area contributed by atoms with Crippen molar-refractivity contribution in [3.8, 4) is 11.5 Å². The van der Waals surface area contributed by atoms with E-state index in [2.05, 4.69) is 10.6 Å². The Morgan fingerprint density at radius 1 is 1.09 bits per heavy atom. The quantitative estimate of drug-likeness (QED) is 0.511. The number of rotatable bonds is 8. The summed E-state index contributed by atoms with van der Waals surface area (Å²) in [4.78, 5) is 27.0. The summed E-state index contributed by atoms with van der Waals surface area (Å²) in [5.74, 6) is 1.27. The topological polar surface area (TPSA) is 93.0 Å². The Morgan fingerprint density at radius 3 is 2.51 bits per heavy atom. The number of benzene rings is 2. The Kier molecular flexibility index (Phi) is 7.54. The molecule has 8 nitrogen and oxygen atoms in total. The Hall–Kier alpha value is -4.01. The van der Waals surface area contributed by atoms with Crippen LogP contribution >= 0.6 is 0 Å². The minimum absolute atomic E-state index is 0.128. The molecule has 0 bridgehead atoms. The standard InChI is InChI=1S/C26H28FN3O5/c1-33-22-14-18-10-12-30(26(32)28-11-9-24(31)29-16-20-4-3-13-35-20)25(21(18)15-23(22)34-2)17-5-7-19(27)8-6-17/h3-8,13-15,25H,9-12,16H2,1-2H3,(H,28,32)(H,29,31). The first-order valence-electron chi connectivity index (χ1n) is 11.3. The molecule has 184 valence electrons. The predicted octanol–water partition coefficient (Wildman–Crippen LogP) is 3.80. The number of nitrogens with one attached hydrogen (secondary N) is 2. The van der Waals surface area contributed by atoms with E-state index < -0.39 is 6.04 Å². The minimum atomic E-state index is -0.452. The lowest BCUT2D eigenvalue weighted by molar-refractivity contribution is -0.121. The van der Waals surface area contributed by atoms with Gasteiger partial charge in [-0.1, -0.05) is 12.1 Å². The van der Waals surface area contributed by atoms with Crippen molar-refractivity contribution in [2.75, 3.05) is 27.3 Å². The Balaban J connectivity index is 1.49. The van der Waals surface area contributed by atoms with Gasteiger partial charge in [0.2, 0.25) is 5.91 Å². The molecule has 9 heteroatoms. The molecule has 0 fully saturated rings. The van der Waals surface area contributed by atoms with Crippen LogP contribution in [0.4, 0.5) is 9.18 Å². The predicted molar refractivity (Wildman–Crippen MR) is 127 cm³/mol. The largest absolute Gasteiger partial charge is 0.493 e. The number of furan rings is 1. The molecule has 1 unspecified atom stereocenters. The number of carbonyl (C=O) groups excluding carboxylic acids is 2. The van der Waals surface area contributed by atoms with Crippen LogP contribution in [-0.4, -0.2) is 44.1 Å². The molecule has 1 aliphatic heterocycles. The van der Waals surface area contributed by atoms with Crippen molar-refractivity contribution in [1.29, 1.82) is 0 Å². The number of nitrogens with zero attached hydrogens (tertiary/aromatic N) is 1. The van der Waals surface area contributed by atoms with Gasteiger partial charge >= 0.3 is 6.03 Å². The second-order valence-electron chi connectivity index (χ2n) is 8.14. The van der Waals surface area contributed by atoms with Gasteiger partial charge in [-0.25, -0.2) is 9.18 Å². The third kappa shape index (κ3) is 5.56. The maximum atomic E-state index is 13.6. The zero-order chi connectivity index (χ0) is 24.8. The first-order chi connectivity index (χ1) is 17.0. The van der Waals surface area contributed by atoms with Crippen LogP contribution in [0, 0.1) is 5.82 Å². The molecule has 1 aliphatic rings. The summed E-state index contributed by atoms with van der Waals surface area (Å²) in [5, 5.41) is 5.60. The molecular weight excluding hydrogens is 453 g/mol. The van der Waals surface area contributed by atoms with Gasteiger partial charge in [-0.15, -0.1) is 0 Å². The lowest BCUT2D eigenvalue weighted by atomic mass is 9.88. The van der Waals surface area contributed by atoms with Gasteiger partial charge in [0, 0.05) is 19.5 Å². The van der Waals surface area contributed by atoms with Gasteiger partial charge in [-0.05, 0) is 59.5 Å². The molecule has 1 atom stereocenters. The van der Waals surface area contributed by atoms with Crippen molar-refractivity contribution in [3.05, 3.63) is 83.1 Å². The number of fused-ring (bicyclic) bond motifs is 1. The second-order valence-corrected chi connectivity index (χ2v) is 8.14. The van der Waals surface area contributed by atoms with Crippen LogP contribution in [0.5, 0.6) is 11.5 Å². The fourth-order valence-corrected chi connectivity index (χ4v) is 4.24. The van der Waals surface area contributed by atoms with Crippen LogP contribution in [0.2, 0.25) is 0 Å². The molecule has 2 heterocycles. The Labute approximate surface area is 203 Å². The van der Waals surface area contributed by atoms with Crippen molar-refractivity contribution in [1.82, 2.24) is 15.5 Å². The Morgan fingerprint density at radius 2 is 1.83 bits per heavy atom. The molecule has 35 heavy (non-hydrogen) atoms. The number of ether oxygens (including phenoxy) is 2. The smallest absolute Gasteiger partial charge is 0.318 e. The van der Waals surface area contributed by atoms with E-state index in [1.807, 2.05) is 12.1 Å². The monoisotopic (exact) mass is 481 g/mol. The number of hydrogen-bond acceptors (Lipinski definition) is 5. The van der Waals surface area contributed by atoms with Gasteiger partial charge in [0.1, 0.15) is 11.6 Å². The number of urea groups is 1. The van der Waals surface area contributed by atoms with E-state index >= 15 is 0 Å². The van der Waals surface area contributed by atoms with Crippen LogP contribution in [0.25, 0.3) is 0 Å². The highest BCUT2D eigenvalue weighted by atomic mass is 19.1. The lowest BCUT2D eigenvalue weighted by Gasteiger charge is -2.38. The summed E-state index contributed by atoms with van der Waals surface area (Å²) in [5.41, 5.74) is 2.68. The van der Waals surface area contributed by atoms with E-state index in [1.165, 1.54) is 12.1 Å². The highest BCUT2D eigenvalue weighted by Gasteiger charge is 2.33. The van der Waals surface area contributed by atoms with Gasteiger partial charge in [-0.3, -0.25) is 4.79 Å². The van der Waals surface area contributed by atoms with Gasteiger partial charge < -0.3 is 29.4 Å². The molecule has 2 aromatic carbocycles. The molecule has 0 saturated carbocycles. The molecule has 3 aromatic rings. The van der Waals surface area contributed by atoms with Crippen LogP contribution in [0.1, 0.15) is 34.9 Å². The number of hydrogen-bond donors (Lipinski definition) is 2. The van der Waals surface area contributed by atoms with Gasteiger partial charge in [0.15, 0.2) is 11.5 Å². The minimum Gasteiger partial charge on any atom is -0.493 e. The fraction of sp³-hybridized carbons (Fsp3) is 0.308. The molecule has 0 spiro atoms. The molecule has 3 amide bonds. The maximum absolute atomic E-state index is 13.6. The van der Waals surface area contributed by atoms with Gasteiger partial charge in [-0.2, -0.15) is 0 Å². The highest BCUT2D eigenvalue weighted by Crippen LogP contribution is 2.41. The molecular formula is C26H28FN3O5. The van der Waals surface area contributed by atoms with Crippen molar-refractivity contribution in [3.63, 3.8) is 0 Å². The first-order valence-corrected chi connectivity index (χ1v) is 11.3.